The van der Waals surface area contributed by atoms with Gasteiger partial charge < -0.3 is 10.1 Å². The minimum Gasteiger partial charge on any atom is -0.449 e. The van der Waals surface area contributed by atoms with Gasteiger partial charge in [0.15, 0.2) is 6.10 Å². The van der Waals surface area contributed by atoms with Gasteiger partial charge in [-0.25, -0.2) is 4.79 Å². The van der Waals surface area contributed by atoms with Crippen molar-refractivity contribution in [3.05, 3.63) is 45.0 Å². The highest BCUT2D eigenvalue weighted by atomic mass is 32.1. The predicted molar refractivity (Wildman–Crippen MR) is 91.3 cm³/mol. The van der Waals surface area contributed by atoms with Crippen LogP contribution < -0.4 is 5.32 Å². The van der Waals surface area contributed by atoms with Gasteiger partial charge in [0.25, 0.3) is 5.91 Å². The van der Waals surface area contributed by atoms with Crippen LogP contribution in [0.1, 0.15) is 22.2 Å². The average Bonchev–Trinajstić information content (AvgIpc) is 3.13. The maximum atomic E-state index is 12.0. The van der Waals surface area contributed by atoms with Crippen LogP contribution in [0.15, 0.2) is 29.7 Å². The summed E-state index contributed by atoms with van der Waals surface area (Å²) in [4.78, 5) is 25.8. The number of anilines is 1. The normalized spacial score (nSPS) is 11.9. The van der Waals surface area contributed by atoms with Crippen LogP contribution in [0, 0.1) is 18.3 Å². The SMILES string of the molecule is Cc1ccc(/C=C/C(=O)O[C@H](C)C(=O)Nc2sccc2C#N)s1. The van der Waals surface area contributed by atoms with Gasteiger partial charge in [-0.15, -0.1) is 22.7 Å². The summed E-state index contributed by atoms with van der Waals surface area (Å²) in [7, 11) is 0. The first kappa shape index (κ1) is 16.9. The average molecular weight is 346 g/mol. The number of ether oxygens (including phenoxy) is 1. The Morgan fingerprint density at radius 3 is 2.83 bits per heavy atom. The predicted octanol–water partition coefficient (Wildman–Crippen LogP) is 3.57. The Kier molecular flexibility index (Phi) is 5.68. The zero-order valence-electron chi connectivity index (χ0n) is 12.5. The quantitative estimate of drug-likeness (QED) is 0.663. The molecule has 0 radical (unpaired) electrons. The molecule has 0 aliphatic heterocycles. The maximum absolute atomic E-state index is 12.0. The van der Waals surface area contributed by atoms with Crippen LogP contribution >= 0.6 is 22.7 Å². The van der Waals surface area contributed by atoms with Crippen molar-refractivity contribution in [1.29, 1.82) is 5.26 Å². The molecular weight excluding hydrogens is 332 g/mol. The lowest BCUT2D eigenvalue weighted by Crippen LogP contribution is -2.29. The molecule has 0 aliphatic rings. The molecule has 0 bridgehead atoms. The number of amides is 1. The number of aryl methyl sites for hydroxylation is 1. The highest BCUT2D eigenvalue weighted by molar-refractivity contribution is 7.14. The summed E-state index contributed by atoms with van der Waals surface area (Å²) < 4.78 is 5.05. The lowest BCUT2D eigenvalue weighted by Gasteiger charge is -2.11. The molecular formula is C16H14N2O3S2. The van der Waals surface area contributed by atoms with Gasteiger partial charge in [0.05, 0.1) is 5.56 Å². The fourth-order valence-corrected chi connectivity index (χ4v) is 3.19. The third-order valence-electron chi connectivity index (χ3n) is 2.83. The van der Waals surface area contributed by atoms with E-state index >= 15 is 0 Å². The highest BCUT2D eigenvalue weighted by Crippen LogP contribution is 2.22. The Morgan fingerprint density at radius 1 is 1.39 bits per heavy atom. The number of carbonyl (C=O) groups excluding carboxylic acids is 2. The van der Waals surface area contributed by atoms with Gasteiger partial charge in [-0.1, -0.05) is 0 Å². The zero-order valence-corrected chi connectivity index (χ0v) is 14.2. The van der Waals surface area contributed by atoms with E-state index in [1.165, 1.54) is 24.3 Å². The summed E-state index contributed by atoms with van der Waals surface area (Å²) in [6.07, 6.45) is 1.99. The molecule has 0 saturated carbocycles. The molecule has 0 unspecified atom stereocenters. The van der Waals surface area contributed by atoms with Crippen LogP contribution in [0.25, 0.3) is 6.08 Å². The van der Waals surface area contributed by atoms with Crippen LogP contribution in [0.5, 0.6) is 0 Å². The number of hydrogen-bond donors (Lipinski definition) is 1. The molecule has 0 aromatic carbocycles. The van der Waals surface area contributed by atoms with Gasteiger partial charge in [-0.3, -0.25) is 4.79 Å². The Hall–Kier alpha value is -2.43. The molecule has 0 spiro atoms. The smallest absolute Gasteiger partial charge is 0.331 e. The maximum Gasteiger partial charge on any atom is 0.331 e. The van der Waals surface area contributed by atoms with Gasteiger partial charge in [0, 0.05) is 15.8 Å². The number of hydrogen-bond acceptors (Lipinski definition) is 6. The van der Waals surface area contributed by atoms with E-state index in [0.29, 0.717) is 10.6 Å². The largest absolute Gasteiger partial charge is 0.449 e. The number of nitrogens with one attached hydrogen (secondary N) is 1. The van der Waals surface area contributed by atoms with Gasteiger partial charge in [-0.05, 0) is 43.5 Å². The van der Waals surface area contributed by atoms with E-state index in [-0.39, 0.29) is 0 Å². The van der Waals surface area contributed by atoms with Crippen LogP contribution in [-0.4, -0.2) is 18.0 Å². The lowest BCUT2D eigenvalue weighted by atomic mass is 10.3. The molecule has 23 heavy (non-hydrogen) atoms. The molecule has 7 heteroatoms. The first-order valence-electron chi connectivity index (χ1n) is 6.73. The molecule has 2 rings (SSSR count). The van der Waals surface area contributed by atoms with Crippen LogP contribution in [0.4, 0.5) is 5.00 Å². The van der Waals surface area contributed by atoms with E-state index in [1.54, 1.807) is 28.9 Å². The summed E-state index contributed by atoms with van der Waals surface area (Å²) in [5.74, 6) is -1.07. The number of nitriles is 1. The molecule has 1 amide bonds. The van der Waals surface area contributed by atoms with Crippen molar-refractivity contribution >= 4 is 45.6 Å². The van der Waals surface area contributed by atoms with Crippen molar-refractivity contribution in [3.8, 4) is 6.07 Å². The third kappa shape index (κ3) is 4.77. The molecule has 2 aromatic rings. The minimum absolute atomic E-state index is 0.384. The van der Waals surface area contributed by atoms with Gasteiger partial charge in [0.1, 0.15) is 11.1 Å². The first-order valence-corrected chi connectivity index (χ1v) is 8.43. The van der Waals surface area contributed by atoms with Gasteiger partial charge in [-0.2, -0.15) is 5.26 Å². The summed E-state index contributed by atoms with van der Waals surface area (Å²) >= 11 is 2.80. The number of esters is 1. The second-order valence-corrected chi connectivity index (χ2v) is 6.86. The Bertz CT molecular complexity index is 783. The Labute approximate surface area is 141 Å². The van der Waals surface area contributed by atoms with E-state index in [1.807, 2.05) is 25.1 Å². The molecule has 1 N–H and O–H groups in total. The molecule has 5 nitrogen and oxygen atoms in total. The van der Waals surface area contributed by atoms with Gasteiger partial charge in [0.2, 0.25) is 0 Å². The van der Waals surface area contributed by atoms with Crippen LogP contribution in [0.3, 0.4) is 0 Å². The number of thiophene rings is 2. The number of rotatable bonds is 5. The van der Waals surface area contributed by atoms with Crippen molar-refractivity contribution in [1.82, 2.24) is 0 Å². The molecule has 118 valence electrons. The molecule has 2 heterocycles. The molecule has 0 saturated heterocycles. The third-order valence-corrected chi connectivity index (χ3v) is 4.63. The zero-order chi connectivity index (χ0) is 16.8. The van der Waals surface area contributed by atoms with Gasteiger partial charge >= 0.3 is 5.97 Å². The highest BCUT2D eigenvalue weighted by Gasteiger charge is 2.18. The van der Waals surface area contributed by atoms with E-state index in [2.05, 4.69) is 5.32 Å². The minimum atomic E-state index is -0.953. The standard InChI is InChI=1S/C16H14N2O3S2/c1-10-3-4-13(23-10)5-6-14(19)21-11(2)15(20)18-16-12(9-17)7-8-22-16/h3-8,11H,1-2H3,(H,18,20)/b6-5+/t11-/m1/s1. The van der Waals surface area contributed by atoms with E-state index in [0.717, 1.165) is 9.75 Å². The molecule has 0 aliphatic carbocycles. The fraction of sp³-hybridized carbons (Fsp3) is 0.188. The Morgan fingerprint density at radius 2 is 2.17 bits per heavy atom. The van der Waals surface area contributed by atoms with Crippen LogP contribution in [0.2, 0.25) is 0 Å². The van der Waals surface area contributed by atoms with Crippen LogP contribution in [-0.2, 0) is 14.3 Å². The fourth-order valence-electron chi connectivity index (χ4n) is 1.67. The number of nitrogens with zero attached hydrogens (tertiary/aromatic N) is 1. The second kappa shape index (κ2) is 7.72. The van der Waals surface area contributed by atoms with Crippen molar-refractivity contribution in [2.24, 2.45) is 0 Å². The van der Waals surface area contributed by atoms with Crippen molar-refractivity contribution in [3.63, 3.8) is 0 Å². The summed E-state index contributed by atoms with van der Waals surface area (Å²) in [6.45, 7) is 3.46. The monoisotopic (exact) mass is 346 g/mol. The molecule has 2 aromatic heterocycles. The van der Waals surface area contributed by atoms with E-state index in [4.69, 9.17) is 10.00 Å². The van der Waals surface area contributed by atoms with Crippen molar-refractivity contribution in [2.45, 2.75) is 20.0 Å². The first-order chi connectivity index (χ1) is 11.0. The van der Waals surface area contributed by atoms with E-state index < -0.39 is 18.0 Å². The molecule has 0 fully saturated rings. The Balaban J connectivity index is 1.89. The second-order valence-electron chi connectivity index (χ2n) is 4.63. The summed E-state index contributed by atoms with van der Waals surface area (Å²) in [6, 6.07) is 7.45. The topological polar surface area (TPSA) is 79.2 Å². The number of carbonyl (C=O) groups is 2. The van der Waals surface area contributed by atoms with E-state index in [9.17, 15) is 9.59 Å². The van der Waals surface area contributed by atoms with Crippen molar-refractivity contribution < 1.29 is 14.3 Å². The van der Waals surface area contributed by atoms with Crippen molar-refractivity contribution in [2.75, 3.05) is 5.32 Å². The summed E-state index contributed by atoms with van der Waals surface area (Å²) in [5.41, 5.74) is 0.384. The lowest BCUT2D eigenvalue weighted by molar-refractivity contribution is -0.148. The molecule has 1 atom stereocenters. The summed E-state index contributed by atoms with van der Waals surface area (Å²) in [5, 5.41) is 13.6.